The molecule has 0 atom stereocenters. The second kappa shape index (κ2) is 4.28. The van der Waals surface area contributed by atoms with Crippen molar-refractivity contribution in [3.63, 3.8) is 0 Å². The summed E-state index contributed by atoms with van der Waals surface area (Å²) >= 11 is 3.37. The van der Waals surface area contributed by atoms with Crippen molar-refractivity contribution in [2.24, 2.45) is 5.92 Å². The number of halogens is 1. The summed E-state index contributed by atoms with van der Waals surface area (Å²) < 4.78 is 6.62. The third kappa shape index (κ3) is 2.25. The predicted octanol–water partition coefficient (Wildman–Crippen LogP) is 1.75. The summed E-state index contributed by atoms with van der Waals surface area (Å²) in [5.74, 6) is 1.40. The average molecular weight is 257 g/mol. The van der Waals surface area contributed by atoms with E-state index in [1.165, 1.54) is 0 Å². The zero-order chi connectivity index (χ0) is 9.97. The summed E-state index contributed by atoms with van der Waals surface area (Å²) in [5, 5.41) is 3.21. The van der Waals surface area contributed by atoms with Crippen molar-refractivity contribution in [1.29, 1.82) is 0 Å². The number of aryl methyl sites for hydroxylation is 1. The fourth-order valence-electron chi connectivity index (χ4n) is 1.34. The molecule has 0 radical (unpaired) electrons. The second-order valence-corrected chi connectivity index (χ2v) is 4.53. The topological polar surface area (TPSA) is 34.1 Å². The number of hydrogen-bond acceptors (Lipinski definition) is 3. The van der Waals surface area contributed by atoms with E-state index in [4.69, 9.17) is 4.74 Å². The van der Waals surface area contributed by atoms with Gasteiger partial charge in [-0.1, -0.05) is 0 Å². The van der Waals surface area contributed by atoms with Crippen LogP contribution >= 0.6 is 15.9 Å². The summed E-state index contributed by atoms with van der Waals surface area (Å²) in [6.45, 7) is 4.90. The van der Waals surface area contributed by atoms with Gasteiger partial charge < -0.3 is 10.1 Å². The summed E-state index contributed by atoms with van der Waals surface area (Å²) in [7, 11) is 0. The van der Waals surface area contributed by atoms with Gasteiger partial charge in [-0.05, 0) is 28.9 Å². The lowest BCUT2D eigenvalue weighted by atomic mass is 10.1. The monoisotopic (exact) mass is 256 g/mol. The van der Waals surface area contributed by atoms with Crippen molar-refractivity contribution in [1.82, 2.24) is 10.3 Å². The molecule has 1 aromatic rings. The van der Waals surface area contributed by atoms with Gasteiger partial charge in [0.2, 0.25) is 5.88 Å². The van der Waals surface area contributed by atoms with Crippen LogP contribution in [-0.4, -0.2) is 24.7 Å². The molecule has 14 heavy (non-hydrogen) atoms. The van der Waals surface area contributed by atoms with E-state index in [1.807, 2.05) is 13.0 Å². The summed E-state index contributed by atoms with van der Waals surface area (Å²) in [4.78, 5) is 4.22. The first-order chi connectivity index (χ1) is 6.75. The molecule has 0 aromatic carbocycles. The summed E-state index contributed by atoms with van der Waals surface area (Å²) in [6.07, 6.45) is 1.77. The van der Waals surface area contributed by atoms with Crippen molar-refractivity contribution in [3.05, 3.63) is 22.3 Å². The Hall–Kier alpha value is -0.610. The first-order valence-corrected chi connectivity index (χ1v) is 5.50. The normalized spacial score (nSPS) is 16.4. The molecule has 0 spiro atoms. The van der Waals surface area contributed by atoms with Gasteiger partial charge in [0, 0.05) is 35.2 Å². The maximum absolute atomic E-state index is 5.62. The van der Waals surface area contributed by atoms with Crippen molar-refractivity contribution in [2.45, 2.75) is 6.92 Å². The molecule has 0 unspecified atom stereocenters. The largest absolute Gasteiger partial charge is 0.477 e. The Bertz CT molecular complexity index is 326. The molecule has 2 heterocycles. The van der Waals surface area contributed by atoms with Crippen LogP contribution in [0.25, 0.3) is 0 Å². The lowest BCUT2D eigenvalue weighted by Crippen LogP contribution is -2.45. The highest BCUT2D eigenvalue weighted by Gasteiger charge is 2.17. The molecule has 1 aromatic heterocycles. The lowest BCUT2D eigenvalue weighted by molar-refractivity contribution is 0.192. The Labute approximate surface area is 92.0 Å². The minimum Gasteiger partial charge on any atom is -0.477 e. The molecule has 76 valence electrons. The van der Waals surface area contributed by atoms with Crippen molar-refractivity contribution in [3.8, 4) is 5.88 Å². The molecule has 1 fully saturated rings. The zero-order valence-electron chi connectivity index (χ0n) is 8.09. The van der Waals surface area contributed by atoms with Crippen molar-refractivity contribution >= 4 is 15.9 Å². The van der Waals surface area contributed by atoms with E-state index in [1.54, 1.807) is 6.20 Å². The van der Waals surface area contributed by atoms with E-state index in [9.17, 15) is 0 Å². The van der Waals surface area contributed by atoms with E-state index < -0.39 is 0 Å². The summed E-state index contributed by atoms with van der Waals surface area (Å²) in [6, 6.07) is 2.02. The smallest absolute Gasteiger partial charge is 0.216 e. The Morgan fingerprint density at radius 1 is 1.64 bits per heavy atom. The zero-order valence-corrected chi connectivity index (χ0v) is 9.67. The van der Waals surface area contributed by atoms with Crippen LogP contribution in [0.4, 0.5) is 0 Å². The van der Waals surface area contributed by atoms with Gasteiger partial charge in [0.05, 0.1) is 6.61 Å². The molecule has 2 rings (SSSR count). The number of pyridine rings is 1. The highest BCUT2D eigenvalue weighted by Crippen LogP contribution is 2.19. The summed E-state index contributed by atoms with van der Waals surface area (Å²) in [5.41, 5.74) is 1.08. The minimum atomic E-state index is 0.653. The Balaban J connectivity index is 1.94. The minimum absolute atomic E-state index is 0.653. The molecule has 0 amide bonds. The van der Waals surface area contributed by atoms with Gasteiger partial charge in [-0.25, -0.2) is 4.98 Å². The van der Waals surface area contributed by atoms with Gasteiger partial charge in [-0.2, -0.15) is 0 Å². The van der Waals surface area contributed by atoms with E-state index in [2.05, 4.69) is 26.2 Å². The van der Waals surface area contributed by atoms with Crippen LogP contribution in [0.1, 0.15) is 5.56 Å². The van der Waals surface area contributed by atoms with Crippen LogP contribution in [0, 0.1) is 12.8 Å². The highest BCUT2D eigenvalue weighted by atomic mass is 79.9. The molecule has 1 aliphatic rings. The number of nitrogens with one attached hydrogen (secondary N) is 1. The fraction of sp³-hybridized carbons (Fsp3) is 0.500. The maximum atomic E-state index is 5.62. The van der Waals surface area contributed by atoms with Gasteiger partial charge in [-0.3, -0.25) is 0 Å². The van der Waals surface area contributed by atoms with Gasteiger partial charge in [0.1, 0.15) is 0 Å². The molecular weight excluding hydrogens is 244 g/mol. The van der Waals surface area contributed by atoms with Crippen LogP contribution in [0.3, 0.4) is 0 Å². The van der Waals surface area contributed by atoms with E-state index in [0.717, 1.165) is 35.6 Å². The predicted molar refractivity (Wildman–Crippen MR) is 58.5 cm³/mol. The number of aromatic nitrogens is 1. The Morgan fingerprint density at radius 2 is 2.43 bits per heavy atom. The number of rotatable bonds is 3. The number of ether oxygens (including phenoxy) is 1. The third-order valence-electron chi connectivity index (χ3n) is 2.32. The van der Waals surface area contributed by atoms with E-state index >= 15 is 0 Å². The van der Waals surface area contributed by atoms with Gasteiger partial charge in [0.25, 0.3) is 0 Å². The van der Waals surface area contributed by atoms with Gasteiger partial charge in [-0.15, -0.1) is 0 Å². The Morgan fingerprint density at radius 3 is 3.00 bits per heavy atom. The molecule has 3 nitrogen and oxygen atoms in total. The molecule has 0 saturated carbocycles. The first-order valence-electron chi connectivity index (χ1n) is 4.71. The van der Waals surface area contributed by atoms with Crippen LogP contribution in [0.2, 0.25) is 0 Å². The van der Waals surface area contributed by atoms with E-state index in [0.29, 0.717) is 5.92 Å². The Kier molecular flexibility index (Phi) is 3.03. The molecule has 1 N–H and O–H groups in total. The lowest BCUT2D eigenvalue weighted by Gasteiger charge is -2.26. The third-order valence-corrected chi connectivity index (χ3v) is 2.75. The van der Waals surface area contributed by atoms with E-state index in [-0.39, 0.29) is 0 Å². The number of hydrogen-bond donors (Lipinski definition) is 1. The maximum Gasteiger partial charge on any atom is 0.216 e. The fourth-order valence-corrected chi connectivity index (χ4v) is 1.79. The molecule has 0 bridgehead atoms. The van der Waals surface area contributed by atoms with Crippen LogP contribution in [0.15, 0.2) is 16.7 Å². The average Bonchev–Trinajstić information content (AvgIpc) is 2.05. The second-order valence-electron chi connectivity index (χ2n) is 3.61. The molecular formula is C10H13BrN2O. The standard InChI is InChI=1S/C10H13BrN2O/c1-7-2-9(11)5-13-10(7)14-6-8-3-12-4-8/h2,5,8,12H,3-4,6H2,1H3. The van der Waals surface area contributed by atoms with Gasteiger partial charge in [0.15, 0.2) is 0 Å². The quantitative estimate of drug-likeness (QED) is 0.895. The van der Waals surface area contributed by atoms with Crippen LogP contribution in [0.5, 0.6) is 5.88 Å². The molecule has 0 aliphatic carbocycles. The van der Waals surface area contributed by atoms with Crippen molar-refractivity contribution in [2.75, 3.05) is 19.7 Å². The number of nitrogens with zero attached hydrogens (tertiary/aromatic N) is 1. The van der Waals surface area contributed by atoms with Gasteiger partial charge >= 0.3 is 0 Å². The van der Waals surface area contributed by atoms with Crippen LogP contribution in [-0.2, 0) is 0 Å². The SMILES string of the molecule is Cc1cc(Br)cnc1OCC1CNC1. The molecule has 1 aliphatic heterocycles. The van der Waals surface area contributed by atoms with Crippen LogP contribution < -0.4 is 10.1 Å². The molecule has 1 saturated heterocycles. The molecule has 4 heteroatoms. The highest BCUT2D eigenvalue weighted by molar-refractivity contribution is 9.10. The van der Waals surface area contributed by atoms with Crippen molar-refractivity contribution < 1.29 is 4.74 Å². The first kappa shape index (κ1) is 9.93.